The van der Waals surface area contributed by atoms with Gasteiger partial charge in [-0.3, -0.25) is 9.35 Å². The van der Waals surface area contributed by atoms with Crippen molar-refractivity contribution in [2.45, 2.75) is 18.2 Å². The average molecular weight is 574 g/mol. The number of halogens is 2. The molecule has 0 atom stereocenters. The van der Waals surface area contributed by atoms with Gasteiger partial charge in [0, 0.05) is 5.39 Å². The van der Waals surface area contributed by atoms with Crippen LogP contribution in [0.4, 0.5) is 17.1 Å². The van der Waals surface area contributed by atoms with Crippen LogP contribution in [0, 0.1) is 0 Å². The molecule has 1 amide bonds. The Bertz CT molecular complexity index is 1710. The van der Waals surface area contributed by atoms with Crippen molar-refractivity contribution in [2.75, 3.05) is 12.4 Å². The van der Waals surface area contributed by atoms with Crippen LogP contribution in [0.2, 0.25) is 10.0 Å². The SMILES string of the molecule is CCc1ccc(N=Nc2c(O)c(C(=O)Nc3cccc(OC)c3Cl)cc3ccccc23)c(Cl)c1S(=O)(=O)O. The molecule has 0 spiro atoms. The van der Waals surface area contributed by atoms with Gasteiger partial charge in [0.2, 0.25) is 0 Å². The molecular formula is C26H21Cl2N3O6S. The van der Waals surface area contributed by atoms with Crippen LogP contribution in [0.5, 0.6) is 11.5 Å². The molecule has 9 nitrogen and oxygen atoms in total. The molecule has 0 heterocycles. The standard InChI is InChI=1S/C26H21Cl2N3O6S/c1-3-14-11-12-19(22(28)25(14)38(34,35)36)30-31-23-16-8-5-4-7-15(16)13-17(24(23)32)26(33)29-18-9-6-10-20(37-2)21(18)27/h4-13,32H,3H2,1-2H3,(H,29,33)(H,34,35,36). The van der Waals surface area contributed by atoms with Gasteiger partial charge in [-0.25, -0.2) is 0 Å². The fourth-order valence-corrected chi connectivity index (χ4v) is 5.51. The fourth-order valence-electron chi connectivity index (χ4n) is 3.87. The number of fused-ring (bicyclic) bond motifs is 1. The van der Waals surface area contributed by atoms with E-state index in [2.05, 4.69) is 15.5 Å². The highest BCUT2D eigenvalue weighted by atomic mass is 35.5. The van der Waals surface area contributed by atoms with Crippen molar-refractivity contribution in [3.63, 3.8) is 0 Å². The molecule has 0 fully saturated rings. The molecule has 196 valence electrons. The van der Waals surface area contributed by atoms with Gasteiger partial charge in [0.1, 0.15) is 27.0 Å². The summed E-state index contributed by atoms with van der Waals surface area (Å²) in [5.41, 5.74) is 0.363. The molecule has 0 saturated heterocycles. The van der Waals surface area contributed by atoms with E-state index in [4.69, 9.17) is 27.9 Å². The topological polar surface area (TPSA) is 138 Å². The van der Waals surface area contributed by atoms with E-state index < -0.39 is 26.7 Å². The number of carbonyl (C=O) groups excluding carboxylic acids is 1. The zero-order valence-electron chi connectivity index (χ0n) is 20.1. The van der Waals surface area contributed by atoms with Crippen molar-refractivity contribution in [1.29, 1.82) is 0 Å². The summed E-state index contributed by atoms with van der Waals surface area (Å²) in [6, 6.07) is 16.1. The fraction of sp³-hybridized carbons (Fsp3) is 0.115. The third kappa shape index (κ3) is 5.30. The van der Waals surface area contributed by atoms with E-state index in [-0.39, 0.29) is 32.7 Å². The van der Waals surface area contributed by atoms with E-state index in [9.17, 15) is 22.9 Å². The number of ether oxygens (including phenoxy) is 1. The average Bonchev–Trinajstić information content (AvgIpc) is 2.88. The number of nitrogens with one attached hydrogen (secondary N) is 1. The zero-order chi connectivity index (χ0) is 27.6. The summed E-state index contributed by atoms with van der Waals surface area (Å²) in [7, 11) is -3.19. The first-order valence-electron chi connectivity index (χ1n) is 11.2. The number of nitrogens with zero attached hydrogens (tertiary/aromatic N) is 2. The number of phenolic OH excluding ortho intramolecular Hbond substituents is 1. The van der Waals surface area contributed by atoms with E-state index in [0.717, 1.165) is 0 Å². The first kappa shape index (κ1) is 27.3. The van der Waals surface area contributed by atoms with Crippen molar-refractivity contribution < 1.29 is 27.6 Å². The number of amides is 1. The van der Waals surface area contributed by atoms with Crippen molar-refractivity contribution in [3.05, 3.63) is 81.8 Å². The third-order valence-corrected chi connectivity index (χ3v) is 7.59. The predicted octanol–water partition coefficient (Wildman–Crippen LogP) is 7.34. The highest BCUT2D eigenvalue weighted by Gasteiger charge is 2.23. The molecule has 12 heteroatoms. The summed E-state index contributed by atoms with van der Waals surface area (Å²) in [5, 5.41) is 22.8. The lowest BCUT2D eigenvalue weighted by Crippen LogP contribution is -2.12. The number of anilines is 1. The molecule has 4 aromatic rings. The minimum atomic E-state index is -4.64. The van der Waals surface area contributed by atoms with E-state index >= 15 is 0 Å². The molecule has 0 unspecified atom stereocenters. The summed E-state index contributed by atoms with van der Waals surface area (Å²) in [6.07, 6.45) is 0.298. The quantitative estimate of drug-likeness (QED) is 0.156. The number of aromatic hydroxyl groups is 1. The Morgan fingerprint density at radius 2 is 1.76 bits per heavy atom. The number of aryl methyl sites for hydroxylation is 1. The van der Waals surface area contributed by atoms with Gasteiger partial charge >= 0.3 is 0 Å². The molecular weight excluding hydrogens is 553 g/mol. The minimum absolute atomic E-state index is 0.0472. The largest absolute Gasteiger partial charge is 0.505 e. The molecule has 38 heavy (non-hydrogen) atoms. The lowest BCUT2D eigenvalue weighted by atomic mass is 10.0. The maximum absolute atomic E-state index is 13.2. The summed E-state index contributed by atoms with van der Waals surface area (Å²) in [6.45, 7) is 1.71. The third-order valence-electron chi connectivity index (χ3n) is 5.73. The Kier molecular flexibility index (Phi) is 7.89. The molecule has 4 aromatic carbocycles. The second-order valence-electron chi connectivity index (χ2n) is 8.03. The monoisotopic (exact) mass is 573 g/mol. The lowest BCUT2D eigenvalue weighted by molar-refractivity contribution is 0.102. The van der Waals surface area contributed by atoms with E-state index in [1.165, 1.54) is 25.3 Å². The molecule has 0 aliphatic heterocycles. The van der Waals surface area contributed by atoms with Crippen LogP contribution in [0.15, 0.2) is 75.8 Å². The van der Waals surface area contributed by atoms with Crippen LogP contribution in [0.1, 0.15) is 22.8 Å². The van der Waals surface area contributed by atoms with Crippen LogP contribution in [0.25, 0.3) is 10.8 Å². The maximum atomic E-state index is 13.2. The Labute approximate surface area is 228 Å². The number of azo groups is 1. The predicted molar refractivity (Wildman–Crippen MR) is 146 cm³/mol. The summed E-state index contributed by atoms with van der Waals surface area (Å²) in [4.78, 5) is 12.7. The number of hydrogen-bond donors (Lipinski definition) is 3. The van der Waals surface area contributed by atoms with Crippen LogP contribution in [-0.4, -0.2) is 31.1 Å². The van der Waals surface area contributed by atoms with Gasteiger partial charge in [0.25, 0.3) is 16.0 Å². The van der Waals surface area contributed by atoms with Crippen LogP contribution >= 0.6 is 23.2 Å². The molecule has 0 bridgehead atoms. The van der Waals surface area contributed by atoms with Gasteiger partial charge in [0.15, 0.2) is 5.75 Å². The Balaban J connectivity index is 1.82. The molecule has 0 aliphatic carbocycles. The number of phenols is 1. The number of rotatable bonds is 7. The summed E-state index contributed by atoms with van der Waals surface area (Å²) in [5.74, 6) is -0.781. The van der Waals surface area contributed by atoms with Crippen molar-refractivity contribution in [3.8, 4) is 11.5 Å². The van der Waals surface area contributed by atoms with Gasteiger partial charge in [-0.05, 0) is 41.6 Å². The lowest BCUT2D eigenvalue weighted by Gasteiger charge is -2.13. The second kappa shape index (κ2) is 11.0. The highest BCUT2D eigenvalue weighted by molar-refractivity contribution is 7.86. The van der Waals surface area contributed by atoms with Gasteiger partial charge < -0.3 is 15.2 Å². The number of hydrogen-bond acceptors (Lipinski definition) is 7. The number of carbonyl (C=O) groups is 1. The summed E-state index contributed by atoms with van der Waals surface area (Å²) >= 11 is 12.6. The van der Waals surface area contributed by atoms with Crippen LogP contribution in [0.3, 0.4) is 0 Å². The first-order chi connectivity index (χ1) is 18.1. The molecule has 0 saturated carbocycles. The van der Waals surface area contributed by atoms with Gasteiger partial charge in [0.05, 0.1) is 23.4 Å². The normalized spacial score (nSPS) is 11.7. The van der Waals surface area contributed by atoms with Crippen LogP contribution in [-0.2, 0) is 16.5 Å². The second-order valence-corrected chi connectivity index (χ2v) is 10.1. The van der Waals surface area contributed by atoms with Crippen molar-refractivity contribution in [2.24, 2.45) is 10.2 Å². The summed E-state index contributed by atoms with van der Waals surface area (Å²) < 4.78 is 38.7. The number of benzene rings is 4. The molecule has 0 aromatic heterocycles. The Hall–Kier alpha value is -3.70. The van der Waals surface area contributed by atoms with Crippen LogP contribution < -0.4 is 10.1 Å². The number of methoxy groups -OCH3 is 1. The van der Waals surface area contributed by atoms with E-state index in [1.54, 1.807) is 49.4 Å². The molecule has 4 rings (SSSR count). The van der Waals surface area contributed by atoms with Gasteiger partial charge in [-0.15, -0.1) is 10.2 Å². The molecule has 3 N–H and O–H groups in total. The maximum Gasteiger partial charge on any atom is 0.296 e. The van der Waals surface area contributed by atoms with Crippen molar-refractivity contribution in [1.82, 2.24) is 0 Å². The van der Waals surface area contributed by atoms with Gasteiger partial charge in [-0.1, -0.05) is 66.5 Å². The van der Waals surface area contributed by atoms with Gasteiger partial charge in [-0.2, -0.15) is 8.42 Å². The first-order valence-corrected chi connectivity index (χ1v) is 13.4. The van der Waals surface area contributed by atoms with Crippen molar-refractivity contribution >= 4 is 67.1 Å². The minimum Gasteiger partial charge on any atom is -0.505 e. The molecule has 0 aliphatic rings. The zero-order valence-corrected chi connectivity index (χ0v) is 22.4. The van der Waals surface area contributed by atoms with E-state index in [1.807, 2.05) is 0 Å². The highest BCUT2D eigenvalue weighted by Crippen LogP contribution is 2.42. The Morgan fingerprint density at radius 3 is 2.45 bits per heavy atom. The van der Waals surface area contributed by atoms with E-state index in [0.29, 0.717) is 28.5 Å². The smallest absolute Gasteiger partial charge is 0.296 e. The molecule has 0 radical (unpaired) electrons. The Morgan fingerprint density at radius 1 is 1.03 bits per heavy atom.